The molecule has 0 spiro atoms. The van der Waals surface area contributed by atoms with E-state index in [1.807, 2.05) is 30.3 Å². The van der Waals surface area contributed by atoms with Crippen LogP contribution >= 0.6 is 8.03 Å². The van der Waals surface area contributed by atoms with Gasteiger partial charge < -0.3 is 10.2 Å². The van der Waals surface area contributed by atoms with Gasteiger partial charge in [-0.25, -0.2) is 0 Å². The van der Waals surface area contributed by atoms with E-state index in [1.54, 1.807) is 30.6 Å². The fraction of sp³-hybridized carbons (Fsp3) is 0. The van der Waals surface area contributed by atoms with E-state index < -0.39 is 8.03 Å². The summed E-state index contributed by atoms with van der Waals surface area (Å²) in [7, 11) is -2.72. The zero-order chi connectivity index (χ0) is 16.9. The summed E-state index contributed by atoms with van der Waals surface area (Å²) in [5.41, 5.74) is 2.87. The van der Waals surface area contributed by atoms with Crippen molar-refractivity contribution in [2.24, 2.45) is 0 Å². The van der Waals surface area contributed by atoms with Gasteiger partial charge in [0.2, 0.25) is 0 Å². The van der Waals surface area contributed by atoms with E-state index in [1.165, 1.54) is 12.1 Å². The minimum absolute atomic E-state index is 0.114. The van der Waals surface area contributed by atoms with Crippen LogP contribution in [-0.2, 0) is 4.57 Å². The largest absolute Gasteiger partial charge is 0.591 e. The Morgan fingerprint density at radius 3 is 2.46 bits per heavy atom. The topological polar surface area (TPSA) is 82.1 Å². The number of carbonyl (C=O) groups is 1. The smallest absolute Gasteiger partial charge is 0.348 e. The average Bonchev–Trinajstić information content (AvgIpc) is 2.63. The third-order valence-corrected chi connectivity index (χ3v) is 4.15. The molecule has 0 saturated carbocycles. The van der Waals surface area contributed by atoms with Crippen molar-refractivity contribution >= 4 is 24.9 Å². The number of nitrogens with one attached hydrogen (secondary N) is 1. The van der Waals surface area contributed by atoms with Gasteiger partial charge in [-0.05, 0) is 47.5 Å². The molecular weight excluding hydrogens is 323 g/mol. The summed E-state index contributed by atoms with van der Waals surface area (Å²) < 4.78 is 11.0. The van der Waals surface area contributed by atoms with Gasteiger partial charge in [0.15, 0.2) is 5.30 Å². The van der Waals surface area contributed by atoms with Gasteiger partial charge in [-0.1, -0.05) is 22.8 Å². The Balaban J connectivity index is 1.82. The summed E-state index contributed by atoms with van der Waals surface area (Å²) in [6.45, 7) is 0. The Morgan fingerprint density at radius 1 is 0.958 bits per heavy atom. The molecular formula is C18H13N2O3P. The van der Waals surface area contributed by atoms with E-state index >= 15 is 0 Å². The number of rotatable bonds is 4. The van der Waals surface area contributed by atoms with Crippen molar-refractivity contribution in [1.82, 2.24) is 4.98 Å². The quantitative estimate of drug-likeness (QED) is 0.743. The molecule has 24 heavy (non-hydrogen) atoms. The first kappa shape index (κ1) is 16.0. The predicted octanol–water partition coefficient (Wildman–Crippen LogP) is 2.73. The highest BCUT2D eigenvalue weighted by atomic mass is 31.1. The van der Waals surface area contributed by atoms with E-state index in [2.05, 4.69) is 10.3 Å². The lowest BCUT2D eigenvalue weighted by molar-refractivity contribution is -0.160. The molecule has 0 bridgehead atoms. The average molecular weight is 336 g/mol. The Kier molecular flexibility index (Phi) is 4.75. The van der Waals surface area contributed by atoms with E-state index in [-0.39, 0.29) is 11.2 Å². The van der Waals surface area contributed by atoms with Crippen molar-refractivity contribution in [3.63, 3.8) is 0 Å². The molecule has 0 aliphatic carbocycles. The Hall–Kier alpha value is -2.88. The number of amides is 1. The van der Waals surface area contributed by atoms with Crippen LogP contribution in [-0.4, -0.2) is 10.9 Å². The summed E-state index contributed by atoms with van der Waals surface area (Å²) in [4.78, 5) is 27.3. The molecule has 1 amide bonds. The molecule has 3 rings (SSSR count). The molecule has 1 heterocycles. The van der Waals surface area contributed by atoms with E-state index in [0.717, 1.165) is 11.1 Å². The van der Waals surface area contributed by atoms with Crippen LogP contribution < -0.4 is 15.5 Å². The Bertz CT molecular complexity index is 898. The number of hydrogen-bond donors (Lipinski definition) is 1. The van der Waals surface area contributed by atoms with E-state index in [0.29, 0.717) is 11.3 Å². The summed E-state index contributed by atoms with van der Waals surface area (Å²) in [5.74, 6) is -0.361. The van der Waals surface area contributed by atoms with Crippen LogP contribution in [0.25, 0.3) is 11.1 Å². The fourth-order valence-corrected chi connectivity index (χ4v) is 2.74. The summed E-state index contributed by atoms with van der Waals surface area (Å²) in [6.07, 6.45) is 3.41. The maximum absolute atomic E-state index is 12.3. The maximum atomic E-state index is 12.3. The molecule has 0 fully saturated rings. The van der Waals surface area contributed by atoms with Crippen molar-refractivity contribution in [3.8, 4) is 11.1 Å². The van der Waals surface area contributed by atoms with Gasteiger partial charge in [0.25, 0.3) is 5.91 Å². The van der Waals surface area contributed by atoms with Crippen molar-refractivity contribution in [3.05, 3.63) is 78.6 Å². The van der Waals surface area contributed by atoms with Gasteiger partial charge in [0.1, 0.15) is 0 Å². The molecule has 3 aromatic rings. The molecule has 0 aliphatic heterocycles. The van der Waals surface area contributed by atoms with Gasteiger partial charge in [-0.2, -0.15) is 0 Å². The second-order valence-corrected chi connectivity index (χ2v) is 6.11. The lowest BCUT2D eigenvalue weighted by Crippen LogP contribution is -2.14. The first-order valence-electron chi connectivity index (χ1n) is 7.20. The monoisotopic (exact) mass is 336 g/mol. The lowest BCUT2D eigenvalue weighted by Gasteiger charge is -2.08. The van der Waals surface area contributed by atoms with Gasteiger partial charge >= 0.3 is 8.03 Å². The van der Waals surface area contributed by atoms with Crippen LogP contribution in [0.5, 0.6) is 0 Å². The number of nitrogens with zero attached hydrogens (tertiary/aromatic N) is 1. The van der Waals surface area contributed by atoms with Gasteiger partial charge in [0, 0.05) is 29.7 Å². The fourth-order valence-electron chi connectivity index (χ4n) is 2.28. The van der Waals surface area contributed by atoms with Crippen molar-refractivity contribution in [1.29, 1.82) is 0 Å². The molecule has 0 saturated heterocycles. The Labute approximate surface area is 139 Å². The molecule has 1 unspecified atom stereocenters. The molecule has 0 radical (unpaired) electrons. The number of carbonyl (C=O) groups excluding carboxylic acids is 1. The minimum Gasteiger partial charge on any atom is -0.591 e. The normalized spacial score (nSPS) is 11.0. The minimum atomic E-state index is -2.72. The Morgan fingerprint density at radius 2 is 1.71 bits per heavy atom. The zero-order valence-electron chi connectivity index (χ0n) is 12.5. The number of pyridine rings is 1. The molecule has 1 N–H and O–H groups in total. The summed E-state index contributed by atoms with van der Waals surface area (Å²) in [6, 6.07) is 17.1. The number of hydrogen-bond acceptors (Lipinski definition) is 4. The van der Waals surface area contributed by atoms with Crippen LogP contribution in [0.15, 0.2) is 73.1 Å². The second kappa shape index (κ2) is 7.13. The molecule has 5 nitrogen and oxygen atoms in total. The lowest BCUT2D eigenvalue weighted by atomic mass is 10.1. The van der Waals surface area contributed by atoms with Crippen LogP contribution in [0, 0.1) is 0 Å². The predicted molar refractivity (Wildman–Crippen MR) is 91.3 cm³/mol. The van der Waals surface area contributed by atoms with E-state index in [4.69, 9.17) is 0 Å². The van der Waals surface area contributed by atoms with Gasteiger partial charge in [-0.15, -0.1) is 0 Å². The summed E-state index contributed by atoms with van der Waals surface area (Å²) in [5, 5.41) is 2.90. The van der Waals surface area contributed by atoms with Gasteiger partial charge in [-0.3, -0.25) is 9.78 Å². The van der Waals surface area contributed by atoms with E-state index in [9.17, 15) is 14.3 Å². The molecule has 118 valence electrons. The highest BCUT2D eigenvalue weighted by Gasteiger charge is 2.12. The molecule has 0 aliphatic rings. The van der Waals surface area contributed by atoms with Crippen molar-refractivity contribution < 1.29 is 14.3 Å². The SMILES string of the molecule is O=C(Nc1cccc(-c2ccncc2)c1)c1cccc([P+](=O)[O-])c1. The molecule has 1 aromatic heterocycles. The third-order valence-electron chi connectivity index (χ3n) is 3.45. The zero-order valence-corrected chi connectivity index (χ0v) is 13.4. The molecule has 6 heteroatoms. The van der Waals surface area contributed by atoms with Crippen LogP contribution in [0.2, 0.25) is 0 Å². The summed E-state index contributed by atoms with van der Waals surface area (Å²) >= 11 is 0. The van der Waals surface area contributed by atoms with Gasteiger partial charge in [0.05, 0.1) is 0 Å². The number of anilines is 1. The molecule has 1 atom stereocenters. The second-order valence-electron chi connectivity index (χ2n) is 5.08. The standard InChI is InChI=1S/C18H13N2O3P/c21-18(15-4-2-6-17(12-15)24(22)23)20-16-5-1-3-14(11-16)13-7-9-19-10-8-13/h1-12H,(H,20,21). The first-order valence-corrected chi connectivity index (χ1v) is 8.37. The number of benzene rings is 2. The van der Waals surface area contributed by atoms with Crippen molar-refractivity contribution in [2.75, 3.05) is 5.32 Å². The van der Waals surface area contributed by atoms with Crippen LogP contribution in [0.1, 0.15) is 10.4 Å². The van der Waals surface area contributed by atoms with Crippen molar-refractivity contribution in [2.45, 2.75) is 0 Å². The van der Waals surface area contributed by atoms with Crippen LogP contribution in [0.4, 0.5) is 5.69 Å². The maximum Gasteiger partial charge on any atom is 0.348 e. The molecule has 2 aromatic carbocycles. The van der Waals surface area contributed by atoms with Crippen LogP contribution in [0.3, 0.4) is 0 Å². The number of aromatic nitrogens is 1. The highest BCUT2D eigenvalue weighted by Crippen LogP contribution is 2.22. The first-order chi connectivity index (χ1) is 11.6. The third kappa shape index (κ3) is 3.71. The highest BCUT2D eigenvalue weighted by molar-refractivity contribution is 7.45.